The van der Waals surface area contributed by atoms with Gasteiger partial charge < -0.3 is 11.1 Å². The Kier molecular flexibility index (Phi) is 5.62. The van der Waals surface area contributed by atoms with Gasteiger partial charge in [0.25, 0.3) is 0 Å². The SMILES string of the molecule is CCn1cc(NC(=O)C2CCCC(N)C2)cn1.Cl. The topological polar surface area (TPSA) is 72.9 Å². The number of carbonyl (C=O) groups excluding carboxylic acids is 1. The van der Waals surface area contributed by atoms with Gasteiger partial charge in [-0.1, -0.05) is 6.42 Å². The van der Waals surface area contributed by atoms with Crippen LogP contribution in [0.5, 0.6) is 0 Å². The maximum absolute atomic E-state index is 12.0. The van der Waals surface area contributed by atoms with E-state index in [1.807, 2.05) is 13.1 Å². The average Bonchev–Trinajstić information content (AvgIpc) is 2.77. The van der Waals surface area contributed by atoms with Crippen molar-refractivity contribution in [2.24, 2.45) is 11.7 Å². The van der Waals surface area contributed by atoms with Crippen molar-refractivity contribution in [3.63, 3.8) is 0 Å². The Bertz CT molecular complexity index is 393. The highest BCUT2D eigenvalue weighted by molar-refractivity contribution is 5.92. The van der Waals surface area contributed by atoms with Crippen molar-refractivity contribution >= 4 is 24.0 Å². The van der Waals surface area contributed by atoms with E-state index in [1.165, 1.54) is 0 Å². The number of hydrogen-bond donors (Lipinski definition) is 2. The maximum Gasteiger partial charge on any atom is 0.227 e. The van der Waals surface area contributed by atoms with Gasteiger partial charge in [-0.25, -0.2) is 0 Å². The molecule has 1 aliphatic rings. The van der Waals surface area contributed by atoms with Crippen LogP contribution < -0.4 is 11.1 Å². The molecular formula is C12H21ClN4O. The summed E-state index contributed by atoms with van der Waals surface area (Å²) in [7, 11) is 0. The Morgan fingerprint density at radius 3 is 3.00 bits per heavy atom. The molecule has 1 amide bonds. The third kappa shape index (κ3) is 3.71. The van der Waals surface area contributed by atoms with Crippen LogP contribution in [0, 0.1) is 5.92 Å². The van der Waals surface area contributed by atoms with Crippen LogP contribution in [0.25, 0.3) is 0 Å². The zero-order chi connectivity index (χ0) is 12.3. The lowest BCUT2D eigenvalue weighted by molar-refractivity contribution is -0.120. The molecule has 2 atom stereocenters. The maximum atomic E-state index is 12.0. The molecule has 1 aromatic rings. The van der Waals surface area contributed by atoms with Gasteiger partial charge in [-0.05, 0) is 26.2 Å². The van der Waals surface area contributed by atoms with Crippen LogP contribution in [0.4, 0.5) is 5.69 Å². The number of nitrogens with zero attached hydrogens (tertiary/aromatic N) is 2. The molecule has 6 heteroatoms. The first-order valence-corrected chi connectivity index (χ1v) is 6.28. The predicted octanol–water partition coefficient (Wildman–Crippen LogP) is 1.78. The largest absolute Gasteiger partial charge is 0.328 e. The second-order valence-corrected chi connectivity index (χ2v) is 4.70. The molecule has 1 aromatic heterocycles. The van der Waals surface area contributed by atoms with E-state index in [-0.39, 0.29) is 30.3 Å². The molecule has 2 rings (SSSR count). The van der Waals surface area contributed by atoms with Crippen molar-refractivity contribution in [1.29, 1.82) is 0 Å². The Morgan fingerprint density at radius 2 is 2.39 bits per heavy atom. The molecule has 0 radical (unpaired) electrons. The lowest BCUT2D eigenvalue weighted by Crippen LogP contribution is -2.34. The molecule has 18 heavy (non-hydrogen) atoms. The average molecular weight is 273 g/mol. The van der Waals surface area contributed by atoms with Crippen LogP contribution >= 0.6 is 12.4 Å². The molecule has 3 N–H and O–H groups in total. The van der Waals surface area contributed by atoms with Crippen molar-refractivity contribution in [3.05, 3.63) is 12.4 Å². The number of carbonyl (C=O) groups is 1. The van der Waals surface area contributed by atoms with Gasteiger partial charge >= 0.3 is 0 Å². The minimum atomic E-state index is 0. The van der Waals surface area contributed by atoms with Crippen molar-refractivity contribution in [2.45, 2.75) is 45.2 Å². The number of amides is 1. The van der Waals surface area contributed by atoms with Gasteiger partial charge in [0, 0.05) is 24.7 Å². The van der Waals surface area contributed by atoms with Crippen LogP contribution in [0.1, 0.15) is 32.6 Å². The summed E-state index contributed by atoms with van der Waals surface area (Å²) in [6.07, 6.45) is 7.37. The van der Waals surface area contributed by atoms with Gasteiger partial charge in [-0.3, -0.25) is 9.48 Å². The van der Waals surface area contributed by atoms with Crippen LogP contribution in [0.3, 0.4) is 0 Å². The highest BCUT2D eigenvalue weighted by Gasteiger charge is 2.25. The molecule has 1 heterocycles. The van der Waals surface area contributed by atoms with Gasteiger partial charge in [0.15, 0.2) is 0 Å². The van der Waals surface area contributed by atoms with E-state index in [0.29, 0.717) is 0 Å². The van der Waals surface area contributed by atoms with E-state index in [2.05, 4.69) is 10.4 Å². The molecule has 102 valence electrons. The van der Waals surface area contributed by atoms with Crippen LogP contribution in [0.2, 0.25) is 0 Å². The third-order valence-electron chi connectivity index (χ3n) is 3.31. The number of nitrogens with two attached hydrogens (primary N) is 1. The van der Waals surface area contributed by atoms with E-state index in [9.17, 15) is 4.79 Å². The zero-order valence-electron chi connectivity index (χ0n) is 10.6. The van der Waals surface area contributed by atoms with Gasteiger partial charge in [0.05, 0.1) is 11.9 Å². The fraction of sp³-hybridized carbons (Fsp3) is 0.667. The summed E-state index contributed by atoms with van der Waals surface area (Å²) in [5.41, 5.74) is 6.66. The quantitative estimate of drug-likeness (QED) is 0.881. The minimum Gasteiger partial charge on any atom is -0.328 e. The third-order valence-corrected chi connectivity index (χ3v) is 3.31. The molecule has 0 aromatic carbocycles. The monoisotopic (exact) mass is 272 g/mol. The van der Waals surface area contributed by atoms with Crippen molar-refractivity contribution < 1.29 is 4.79 Å². The van der Waals surface area contributed by atoms with E-state index in [4.69, 9.17) is 5.73 Å². The van der Waals surface area contributed by atoms with E-state index < -0.39 is 0 Å². The highest BCUT2D eigenvalue weighted by Crippen LogP contribution is 2.24. The molecule has 1 saturated carbocycles. The number of hydrogen-bond acceptors (Lipinski definition) is 3. The van der Waals surface area contributed by atoms with Gasteiger partial charge in [-0.2, -0.15) is 5.10 Å². The first-order chi connectivity index (χ1) is 8.19. The highest BCUT2D eigenvalue weighted by atomic mass is 35.5. The Balaban J connectivity index is 0.00000162. The summed E-state index contributed by atoms with van der Waals surface area (Å²) in [4.78, 5) is 12.0. The number of nitrogens with one attached hydrogen (secondary N) is 1. The first-order valence-electron chi connectivity index (χ1n) is 6.28. The normalized spacial score (nSPS) is 23.2. The summed E-state index contributed by atoms with van der Waals surface area (Å²) >= 11 is 0. The Labute approximate surface area is 114 Å². The number of aryl methyl sites for hydroxylation is 1. The Morgan fingerprint density at radius 1 is 1.61 bits per heavy atom. The minimum absolute atomic E-state index is 0. The van der Waals surface area contributed by atoms with Crippen molar-refractivity contribution in [2.75, 3.05) is 5.32 Å². The fourth-order valence-electron chi connectivity index (χ4n) is 2.31. The van der Waals surface area contributed by atoms with E-state index in [0.717, 1.165) is 37.9 Å². The van der Waals surface area contributed by atoms with Crippen molar-refractivity contribution in [3.8, 4) is 0 Å². The molecule has 1 fully saturated rings. The summed E-state index contributed by atoms with van der Waals surface area (Å²) in [5.74, 6) is 0.138. The van der Waals surface area contributed by atoms with Crippen molar-refractivity contribution in [1.82, 2.24) is 9.78 Å². The van der Waals surface area contributed by atoms with Crippen LogP contribution in [-0.2, 0) is 11.3 Å². The summed E-state index contributed by atoms with van der Waals surface area (Å²) in [5, 5.41) is 7.03. The Hall–Kier alpha value is -1.07. The van der Waals surface area contributed by atoms with Gasteiger partial charge in [0.1, 0.15) is 0 Å². The standard InChI is InChI=1S/C12H20N4O.ClH/c1-2-16-8-11(7-14-16)15-12(17)9-4-3-5-10(13)6-9;/h7-10H,2-6,13H2,1H3,(H,15,17);1H. The van der Waals surface area contributed by atoms with E-state index >= 15 is 0 Å². The van der Waals surface area contributed by atoms with Crippen LogP contribution in [-0.4, -0.2) is 21.7 Å². The predicted molar refractivity (Wildman–Crippen MR) is 73.7 cm³/mol. The van der Waals surface area contributed by atoms with Gasteiger partial charge in [0.2, 0.25) is 5.91 Å². The number of aromatic nitrogens is 2. The summed E-state index contributed by atoms with van der Waals surface area (Å²) in [6.45, 7) is 2.82. The number of anilines is 1. The smallest absolute Gasteiger partial charge is 0.227 e. The molecule has 2 unspecified atom stereocenters. The molecule has 1 aliphatic carbocycles. The molecule has 0 saturated heterocycles. The molecule has 0 bridgehead atoms. The van der Waals surface area contributed by atoms with Crippen LogP contribution in [0.15, 0.2) is 12.4 Å². The first kappa shape index (κ1) is 15.0. The van der Waals surface area contributed by atoms with E-state index in [1.54, 1.807) is 10.9 Å². The summed E-state index contributed by atoms with van der Waals surface area (Å²) < 4.78 is 1.79. The second-order valence-electron chi connectivity index (χ2n) is 4.70. The number of rotatable bonds is 3. The zero-order valence-corrected chi connectivity index (χ0v) is 11.4. The molecule has 5 nitrogen and oxygen atoms in total. The number of halogens is 1. The lowest BCUT2D eigenvalue weighted by atomic mass is 9.85. The molecule has 0 spiro atoms. The second kappa shape index (κ2) is 6.75. The molecule has 0 aliphatic heterocycles. The molecular weight excluding hydrogens is 252 g/mol. The fourth-order valence-corrected chi connectivity index (χ4v) is 2.31. The lowest BCUT2D eigenvalue weighted by Gasteiger charge is -2.25. The summed E-state index contributed by atoms with van der Waals surface area (Å²) in [6, 6.07) is 0.179. The van der Waals surface area contributed by atoms with Gasteiger partial charge in [-0.15, -0.1) is 12.4 Å².